The molecule has 4 nitrogen and oxygen atoms in total. The van der Waals surface area contributed by atoms with E-state index in [4.69, 9.17) is 35.4 Å². The van der Waals surface area contributed by atoms with Gasteiger partial charge in [0.15, 0.2) is 10.7 Å². The first-order valence-corrected chi connectivity index (χ1v) is 7.94. The summed E-state index contributed by atoms with van der Waals surface area (Å²) in [6.45, 7) is 0. The lowest BCUT2D eigenvalue weighted by Crippen LogP contribution is -2.20. The van der Waals surface area contributed by atoms with Crippen LogP contribution in [-0.4, -0.2) is 19.4 Å². The zero-order chi connectivity index (χ0) is 16.6. The Morgan fingerprint density at radius 1 is 1.26 bits per heavy atom. The Kier molecular flexibility index (Phi) is 4.48. The average molecular weight is 370 g/mol. The van der Waals surface area contributed by atoms with Crippen LogP contribution in [-0.2, 0) is 0 Å². The number of benzene rings is 1. The number of allylic oxidation sites excluding steroid dienone is 4. The van der Waals surface area contributed by atoms with Gasteiger partial charge >= 0.3 is 5.69 Å². The van der Waals surface area contributed by atoms with Crippen molar-refractivity contribution < 1.29 is 4.48 Å². The van der Waals surface area contributed by atoms with Gasteiger partial charge in [0.05, 0.1) is 5.69 Å². The maximum absolute atomic E-state index is 13.4. The monoisotopic (exact) mass is 369 g/mol. The SMILES string of the molecule is O=c1n(F)nc(C(Cl)Cl)n1-c1ccc(C2=CC=CCC2=S)cc1. The third-order valence-corrected chi connectivity index (χ3v) is 4.18. The Balaban J connectivity index is 2.04. The van der Waals surface area contributed by atoms with Crippen molar-refractivity contribution in [2.75, 3.05) is 0 Å². The molecule has 1 heterocycles. The fraction of sp³-hybridized carbons (Fsp3) is 0.133. The van der Waals surface area contributed by atoms with Crippen molar-refractivity contribution >= 4 is 45.9 Å². The predicted octanol–water partition coefficient (Wildman–Crippen LogP) is 3.96. The Bertz CT molecular complexity index is 881. The molecule has 1 aliphatic rings. The first-order valence-electron chi connectivity index (χ1n) is 6.66. The van der Waals surface area contributed by atoms with Crippen LogP contribution in [0.15, 0.2) is 47.3 Å². The van der Waals surface area contributed by atoms with Gasteiger partial charge in [0.1, 0.15) is 0 Å². The fourth-order valence-corrected chi connectivity index (χ4v) is 2.90. The standard InChI is InChI=1S/C15H10Cl2FN3OS/c16-13(17)14-19-21(18)15(22)20(14)10-7-5-9(6-8-10)11-3-1-2-4-12(11)23/h1-3,5-8,13H,4H2. The van der Waals surface area contributed by atoms with Crippen LogP contribution in [0.5, 0.6) is 0 Å². The molecule has 8 heteroatoms. The third-order valence-electron chi connectivity index (χ3n) is 3.40. The second-order valence-electron chi connectivity index (χ2n) is 4.82. The lowest BCUT2D eigenvalue weighted by atomic mass is 9.97. The molecule has 118 valence electrons. The number of thiocarbonyl (C=S) groups is 1. The molecule has 0 bridgehead atoms. The molecule has 0 aliphatic heterocycles. The van der Waals surface area contributed by atoms with Crippen LogP contribution in [0.3, 0.4) is 0 Å². The summed E-state index contributed by atoms with van der Waals surface area (Å²) in [4.78, 5) is 11.3. The van der Waals surface area contributed by atoms with E-state index in [2.05, 4.69) is 5.10 Å². The molecular formula is C15H10Cl2FN3OS. The topological polar surface area (TPSA) is 39.8 Å². The van der Waals surface area contributed by atoms with E-state index in [0.717, 1.165) is 27.0 Å². The van der Waals surface area contributed by atoms with Gasteiger partial charge in [0.2, 0.25) is 0 Å². The summed E-state index contributed by atoms with van der Waals surface area (Å²) in [7, 11) is 0. The van der Waals surface area contributed by atoms with Gasteiger partial charge in [-0.05, 0) is 28.2 Å². The van der Waals surface area contributed by atoms with E-state index in [-0.39, 0.29) is 10.7 Å². The molecule has 0 spiro atoms. The number of nitrogens with zero attached hydrogens (tertiary/aromatic N) is 3. The van der Waals surface area contributed by atoms with E-state index in [1.54, 1.807) is 24.3 Å². The van der Waals surface area contributed by atoms with E-state index in [1.807, 2.05) is 18.2 Å². The molecule has 3 rings (SSSR count). The summed E-state index contributed by atoms with van der Waals surface area (Å²) >= 11 is 16.8. The number of aromatic nitrogens is 3. The molecule has 0 N–H and O–H groups in total. The number of hydrogen-bond donors (Lipinski definition) is 0. The molecule has 23 heavy (non-hydrogen) atoms. The molecule has 0 unspecified atom stereocenters. The molecule has 1 aromatic heterocycles. The summed E-state index contributed by atoms with van der Waals surface area (Å²) < 4.78 is 14.4. The zero-order valence-electron chi connectivity index (χ0n) is 11.6. The maximum atomic E-state index is 13.4. The van der Waals surface area contributed by atoms with E-state index < -0.39 is 10.5 Å². The van der Waals surface area contributed by atoms with E-state index in [0.29, 0.717) is 5.69 Å². The highest BCUT2D eigenvalue weighted by Gasteiger charge is 2.20. The molecule has 0 atom stereocenters. The first-order chi connectivity index (χ1) is 11.0. The van der Waals surface area contributed by atoms with Gasteiger partial charge in [-0.2, -0.15) is 0 Å². The summed E-state index contributed by atoms with van der Waals surface area (Å²) in [5, 5.41) is 3.41. The van der Waals surface area contributed by atoms with Crippen LogP contribution < -0.4 is 5.69 Å². The van der Waals surface area contributed by atoms with Gasteiger partial charge in [-0.25, -0.2) is 9.36 Å². The molecule has 0 radical (unpaired) electrons. The summed E-state index contributed by atoms with van der Waals surface area (Å²) in [6.07, 6.45) is 6.59. The number of halogens is 3. The Hall–Kier alpha value is -1.76. The van der Waals surface area contributed by atoms with Crippen LogP contribution in [0.4, 0.5) is 4.48 Å². The molecule has 0 saturated carbocycles. The minimum Gasteiger partial charge on any atom is -0.243 e. The van der Waals surface area contributed by atoms with Crippen LogP contribution in [0.1, 0.15) is 22.6 Å². The fourth-order valence-electron chi connectivity index (χ4n) is 2.33. The first kappa shape index (κ1) is 16.1. The van der Waals surface area contributed by atoms with E-state index in [1.165, 1.54) is 0 Å². The van der Waals surface area contributed by atoms with Gasteiger partial charge in [0.25, 0.3) is 0 Å². The molecule has 0 fully saturated rings. The predicted molar refractivity (Wildman–Crippen MR) is 93.1 cm³/mol. The minimum absolute atomic E-state index is 0.0797. The average Bonchev–Trinajstić information content (AvgIpc) is 2.84. The molecule has 2 aromatic rings. The van der Waals surface area contributed by atoms with Crippen LogP contribution in [0, 0.1) is 0 Å². The van der Waals surface area contributed by atoms with E-state index >= 15 is 0 Å². The Labute approximate surface area is 146 Å². The summed E-state index contributed by atoms with van der Waals surface area (Å²) in [5.41, 5.74) is 1.32. The lowest BCUT2D eigenvalue weighted by Gasteiger charge is -2.12. The number of alkyl halides is 2. The Morgan fingerprint density at radius 2 is 1.96 bits per heavy atom. The van der Waals surface area contributed by atoms with Crippen molar-refractivity contribution in [1.82, 2.24) is 14.6 Å². The van der Waals surface area contributed by atoms with Gasteiger partial charge in [-0.3, -0.25) is 0 Å². The van der Waals surface area contributed by atoms with Crippen LogP contribution in [0.2, 0.25) is 0 Å². The third kappa shape index (κ3) is 3.02. The van der Waals surface area contributed by atoms with Crippen LogP contribution in [0.25, 0.3) is 11.3 Å². The molecule has 0 saturated heterocycles. The van der Waals surface area contributed by atoms with Crippen molar-refractivity contribution in [3.05, 3.63) is 64.4 Å². The molecular weight excluding hydrogens is 360 g/mol. The largest absolute Gasteiger partial charge is 0.380 e. The zero-order valence-corrected chi connectivity index (χ0v) is 13.9. The lowest BCUT2D eigenvalue weighted by molar-refractivity contribution is 0.299. The van der Waals surface area contributed by atoms with Crippen molar-refractivity contribution in [3.8, 4) is 5.69 Å². The highest BCUT2D eigenvalue weighted by atomic mass is 35.5. The van der Waals surface area contributed by atoms with Crippen molar-refractivity contribution in [3.63, 3.8) is 0 Å². The number of hydrogen-bond acceptors (Lipinski definition) is 3. The second-order valence-corrected chi connectivity index (χ2v) is 6.41. The molecule has 1 aliphatic carbocycles. The summed E-state index contributed by atoms with van der Waals surface area (Å²) in [6, 6.07) is 6.94. The second kappa shape index (κ2) is 6.39. The van der Waals surface area contributed by atoms with Crippen molar-refractivity contribution in [1.29, 1.82) is 0 Å². The smallest absolute Gasteiger partial charge is 0.243 e. The van der Waals surface area contributed by atoms with Crippen LogP contribution >= 0.6 is 35.4 Å². The van der Waals surface area contributed by atoms with Gasteiger partial charge in [-0.1, -0.05) is 70.3 Å². The van der Waals surface area contributed by atoms with Gasteiger partial charge in [0, 0.05) is 11.3 Å². The molecule has 0 amide bonds. The Morgan fingerprint density at radius 3 is 2.57 bits per heavy atom. The quantitative estimate of drug-likeness (QED) is 0.607. The van der Waals surface area contributed by atoms with Crippen molar-refractivity contribution in [2.45, 2.75) is 11.3 Å². The molecule has 1 aromatic carbocycles. The highest BCUT2D eigenvalue weighted by molar-refractivity contribution is 7.81. The van der Waals surface area contributed by atoms with Gasteiger partial charge < -0.3 is 0 Å². The summed E-state index contributed by atoms with van der Waals surface area (Å²) in [5.74, 6) is -0.0797. The maximum Gasteiger partial charge on any atom is 0.380 e. The number of rotatable bonds is 3. The normalized spacial score (nSPS) is 14.4. The van der Waals surface area contributed by atoms with Crippen molar-refractivity contribution in [2.24, 2.45) is 0 Å². The minimum atomic E-state index is -1.13. The highest BCUT2D eigenvalue weighted by Crippen LogP contribution is 2.26. The van der Waals surface area contributed by atoms with E-state index in [9.17, 15) is 9.28 Å². The van der Waals surface area contributed by atoms with Gasteiger partial charge in [-0.15, -0.1) is 5.10 Å².